The maximum atomic E-state index is 12.8. The quantitative estimate of drug-likeness (QED) is 0.882. The van der Waals surface area contributed by atoms with Gasteiger partial charge in [0.05, 0.1) is 41.3 Å². The predicted octanol–water partition coefficient (Wildman–Crippen LogP) is 2.79. The van der Waals surface area contributed by atoms with Crippen LogP contribution in [0.4, 0.5) is 18.9 Å². The lowest BCUT2D eigenvalue weighted by atomic mass is 10.2. The van der Waals surface area contributed by atoms with Crippen molar-refractivity contribution in [1.29, 1.82) is 0 Å². The van der Waals surface area contributed by atoms with Crippen molar-refractivity contribution >= 4 is 29.1 Å². The molecule has 2 unspecified atom stereocenters. The predicted molar refractivity (Wildman–Crippen MR) is 84.1 cm³/mol. The fraction of sp³-hybridized carbons (Fsp3) is 0.500. The molecule has 1 saturated carbocycles. The number of anilines is 1. The highest BCUT2D eigenvalue weighted by molar-refractivity contribution is 6.33. The number of ether oxygens (including phenoxy) is 1. The van der Waals surface area contributed by atoms with E-state index in [-0.39, 0.29) is 16.6 Å². The summed E-state index contributed by atoms with van der Waals surface area (Å²) in [6, 6.07) is 2.73. The van der Waals surface area contributed by atoms with Gasteiger partial charge < -0.3 is 15.0 Å². The molecular weight excluding hydrogens is 361 g/mol. The Bertz CT molecular complexity index is 690. The molecule has 3 rings (SSSR count). The zero-order chi connectivity index (χ0) is 18.2. The molecule has 1 N–H and O–H groups in total. The lowest BCUT2D eigenvalue weighted by Gasteiger charge is -2.27. The van der Waals surface area contributed by atoms with Crippen molar-refractivity contribution in [2.75, 3.05) is 31.6 Å². The number of alkyl halides is 3. The zero-order valence-corrected chi connectivity index (χ0v) is 13.9. The van der Waals surface area contributed by atoms with Crippen molar-refractivity contribution in [3.63, 3.8) is 0 Å². The summed E-state index contributed by atoms with van der Waals surface area (Å²) in [7, 11) is 0. The number of nitrogens with one attached hydrogen (secondary N) is 1. The van der Waals surface area contributed by atoms with Crippen LogP contribution in [-0.4, -0.2) is 43.0 Å². The Morgan fingerprint density at radius 1 is 1.20 bits per heavy atom. The minimum Gasteiger partial charge on any atom is -0.378 e. The number of rotatable bonds is 3. The Morgan fingerprint density at radius 2 is 1.88 bits per heavy atom. The molecule has 2 aliphatic rings. The van der Waals surface area contributed by atoms with Crippen LogP contribution in [-0.2, 0) is 20.5 Å². The molecule has 1 aromatic rings. The van der Waals surface area contributed by atoms with Crippen LogP contribution in [0.15, 0.2) is 18.2 Å². The van der Waals surface area contributed by atoms with Crippen molar-refractivity contribution in [3.05, 3.63) is 28.8 Å². The maximum Gasteiger partial charge on any atom is 0.416 e. The average Bonchev–Trinajstić information content (AvgIpc) is 3.36. The van der Waals surface area contributed by atoms with Gasteiger partial charge in [-0.05, 0) is 24.6 Å². The van der Waals surface area contributed by atoms with E-state index in [1.54, 1.807) is 4.90 Å². The molecule has 9 heteroatoms. The van der Waals surface area contributed by atoms with Crippen LogP contribution in [0.3, 0.4) is 0 Å². The summed E-state index contributed by atoms with van der Waals surface area (Å²) in [5.74, 6) is -1.57. The van der Waals surface area contributed by atoms with E-state index in [1.165, 1.54) is 0 Å². The van der Waals surface area contributed by atoms with Crippen LogP contribution in [0.25, 0.3) is 0 Å². The third-order valence-electron chi connectivity index (χ3n) is 4.32. The standard InChI is InChI=1S/C16H16ClF3N2O3/c17-12-2-1-9(16(18,19)20)7-13(12)21-14(23)10-8-11(10)15(24)22-3-5-25-6-4-22/h1-2,7,10-11H,3-6,8H2,(H,21,23). The average molecular weight is 377 g/mol. The third-order valence-corrected chi connectivity index (χ3v) is 4.65. The van der Waals surface area contributed by atoms with Crippen LogP contribution in [0, 0.1) is 11.8 Å². The number of carbonyl (C=O) groups excluding carboxylic acids is 2. The summed E-state index contributed by atoms with van der Waals surface area (Å²) >= 11 is 5.87. The highest BCUT2D eigenvalue weighted by Crippen LogP contribution is 2.42. The monoisotopic (exact) mass is 376 g/mol. The molecular formula is C16H16ClF3N2O3. The molecule has 0 spiro atoms. The van der Waals surface area contributed by atoms with E-state index >= 15 is 0 Å². The molecule has 25 heavy (non-hydrogen) atoms. The van der Waals surface area contributed by atoms with E-state index in [4.69, 9.17) is 16.3 Å². The van der Waals surface area contributed by atoms with Gasteiger partial charge in [-0.3, -0.25) is 9.59 Å². The van der Waals surface area contributed by atoms with Gasteiger partial charge in [-0.2, -0.15) is 13.2 Å². The number of benzene rings is 1. The molecule has 0 aromatic heterocycles. The summed E-state index contributed by atoms with van der Waals surface area (Å²) in [5.41, 5.74) is -1.00. The van der Waals surface area contributed by atoms with Crippen molar-refractivity contribution in [3.8, 4) is 0 Å². The Kier molecular flexibility index (Phi) is 4.92. The van der Waals surface area contributed by atoms with Gasteiger partial charge in [0.25, 0.3) is 0 Å². The Labute approximate surface area is 147 Å². The number of hydrogen-bond acceptors (Lipinski definition) is 3. The fourth-order valence-electron chi connectivity index (χ4n) is 2.80. The number of amides is 2. The zero-order valence-electron chi connectivity index (χ0n) is 13.1. The molecule has 0 radical (unpaired) electrons. The van der Waals surface area contributed by atoms with E-state index in [1.807, 2.05) is 0 Å². The lowest BCUT2D eigenvalue weighted by molar-refractivity contribution is -0.138. The summed E-state index contributed by atoms with van der Waals surface area (Å²) in [5, 5.41) is 2.42. The number of halogens is 4. The van der Waals surface area contributed by atoms with E-state index < -0.39 is 29.5 Å². The van der Waals surface area contributed by atoms with Crippen LogP contribution in [0.2, 0.25) is 5.02 Å². The smallest absolute Gasteiger partial charge is 0.378 e. The molecule has 0 bridgehead atoms. The van der Waals surface area contributed by atoms with Gasteiger partial charge in [0.2, 0.25) is 11.8 Å². The Morgan fingerprint density at radius 3 is 2.52 bits per heavy atom. The van der Waals surface area contributed by atoms with Crippen LogP contribution in [0.5, 0.6) is 0 Å². The first-order chi connectivity index (χ1) is 11.8. The first kappa shape index (κ1) is 18.0. The molecule has 1 aliphatic carbocycles. The minimum atomic E-state index is -4.53. The van der Waals surface area contributed by atoms with Crippen LogP contribution < -0.4 is 5.32 Å². The maximum absolute atomic E-state index is 12.8. The van der Waals surface area contributed by atoms with Crippen molar-refractivity contribution in [2.45, 2.75) is 12.6 Å². The molecule has 1 aromatic carbocycles. The Hall–Kier alpha value is -1.80. The number of carbonyl (C=O) groups is 2. The molecule has 2 atom stereocenters. The highest BCUT2D eigenvalue weighted by Gasteiger charge is 2.49. The second kappa shape index (κ2) is 6.84. The molecule has 1 heterocycles. The molecule has 136 valence electrons. The van der Waals surface area contributed by atoms with Crippen LogP contribution in [0.1, 0.15) is 12.0 Å². The molecule has 2 amide bonds. The molecule has 5 nitrogen and oxygen atoms in total. The topological polar surface area (TPSA) is 58.6 Å². The van der Waals surface area contributed by atoms with E-state index in [0.717, 1.165) is 18.2 Å². The van der Waals surface area contributed by atoms with Crippen molar-refractivity contribution in [1.82, 2.24) is 4.90 Å². The third kappa shape index (κ3) is 4.07. The fourth-order valence-corrected chi connectivity index (χ4v) is 2.96. The summed E-state index contributed by atoms with van der Waals surface area (Å²) in [6.07, 6.45) is -4.14. The SMILES string of the molecule is O=C(Nc1cc(C(F)(F)F)ccc1Cl)C1CC1C(=O)N1CCOCC1. The van der Waals surface area contributed by atoms with Gasteiger partial charge in [0.15, 0.2) is 0 Å². The second-order valence-corrected chi connectivity index (χ2v) is 6.48. The summed E-state index contributed by atoms with van der Waals surface area (Å²) in [4.78, 5) is 26.2. The molecule has 2 fully saturated rings. The number of nitrogens with zero attached hydrogens (tertiary/aromatic N) is 1. The van der Waals surface area contributed by atoms with Gasteiger partial charge in [-0.1, -0.05) is 11.6 Å². The van der Waals surface area contributed by atoms with Gasteiger partial charge in [-0.25, -0.2) is 0 Å². The van der Waals surface area contributed by atoms with E-state index in [2.05, 4.69) is 5.32 Å². The van der Waals surface area contributed by atoms with Crippen LogP contribution >= 0.6 is 11.6 Å². The van der Waals surface area contributed by atoms with Crippen molar-refractivity contribution in [2.24, 2.45) is 11.8 Å². The second-order valence-electron chi connectivity index (χ2n) is 6.07. The van der Waals surface area contributed by atoms with Gasteiger partial charge in [0, 0.05) is 13.1 Å². The largest absolute Gasteiger partial charge is 0.416 e. The van der Waals surface area contributed by atoms with E-state index in [9.17, 15) is 22.8 Å². The highest BCUT2D eigenvalue weighted by atomic mass is 35.5. The normalized spacial score (nSPS) is 23.3. The molecule has 1 aliphatic heterocycles. The van der Waals surface area contributed by atoms with Gasteiger partial charge in [-0.15, -0.1) is 0 Å². The van der Waals surface area contributed by atoms with Crippen molar-refractivity contribution < 1.29 is 27.5 Å². The summed E-state index contributed by atoms with van der Waals surface area (Å²) < 4.78 is 43.5. The molecule has 1 saturated heterocycles. The van der Waals surface area contributed by atoms with Gasteiger partial charge >= 0.3 is 6.18 Å². The Balaban J connectivity index is 1.63. The number of morpholine rings is 1. The first-order valence-corrected chi connectivity index (χ1v) is 8.19. The van der Waals surface area contributed by atoms with Gasteiger partial charge in [0.1, 0.15) is 0 Å². The summed E-state index contributed by atoms with van der Waals surface area (Å²) in [6.45, 7) is 1.91. The first-order valence-electron chi connectivity index (χ1n) is 7.81. The minimum absolute atomic E-state index is 0.0121. The van der Waals surface area contributed by atoms with E-state index in [0.29, 0.717) is 32.7 Å². The lowest BCUT2D eigenvalue weighted by Crippen LogP contribution is -2.42. The number of hydrogen-bond donors (Lipinski definition) is 1.